The molecule has 0 spiro atoms. The predicted molar refractivity (Wildman–Crippen MR) is 103 cm³/mol. The molecule has 4 nitrogen and oxygen atoms in total. The molecular formula is C18H25N3OS. The van der Waals surface area contributed by atoms with E-state index in [-0.39, 0.29) is 0 Å². The van der Waals surface area contributed by atoms with E-state index >= 15 is 0 Å². The monoisotopic (exact) mass is 331 g/mol. The number of para-hydroxylation sites is 1. The maximum Gasteiger partial charge on any atom is 0.142 e. The molecule has 0 amide bonds. The summed E-state index contributed by atoms with van der Waals surface area (Å²) in [6.07, 6.45) is 0.838. The SMILES string of the molecule is CCC(=Nc1ccc(S)cc1)c1cccc(OC)c1NC.CN. The Labute approximate surface area is 144 Å². The van der Waals surface area contributed by atoms with Crippen LogP contribution in [0, 0.1) is 0 Å². The second kappa shape index (κ2) is 9.92. The fourth-order valence-corrected chi connectivity index (χ4v) is 2.36. The van der Waals surface area contributed by atoms with Gasteiger partial charge in [0.2, 0.25) is 0 Å². The number of nitrogens with one attached hydrogen (secondary N) is 1. The third-order valence-corrected chi connectivity index (χ3v) is 3.55. The number of ether oxygens (including phenoxy) is 1. The van der Waals surface area contributed by atoms with Gasteiger partial charge in [-0.05, 0) is 43.8 Å². The van der Waals surface area contributed by atoms with Crippen LogP contribution in [0.4, 0.5) is 11.4 Å². The van der Waals surface area contributed by atoms with Crippen LogP contribution >= 0.6 is 12.6 Å². The van der Waals surface area contributed by atoms with Crippen molar-refractivity contribution < 1.29 is 4.74 Å². The number of nitrogens with two attached hydrogens (primary N) is 1. The van der Waals surface area contributed by atoms with E-state index in [1.54, 1.807) is 7.11 Å². The molecule has 2 aromatic rings. The van der Waals surface area contributed by atoms with Gasteiger partial charge in [-0.15, -0.1) is 12.6 Å². The maximum atomic E-state index is 5.41. The average Bonchev–Trinajstić information content (AvgIpc) is 2.62. The molecule has 0 unspecified atom stereocenters. The summed E-state index contributed by atoms with van der Waals surface area (Å²) in [7, 11) is 5.07. The van der Waals surface area contributed by atoms with Crippen LogP contribution in [0.5, 0.6) is 5.75 Å². The Bertz CT molecular complexity index is 639. The molecule has 0 aromatic heterocycles. The Balaban J connectivity index is 0.00000127. The number of hydrogen-bond acceptors (Lipinski definition) is 5. The van der Waals surface area contributed by atoms with Crippen LogP contribution in [0.15, 0.2) is 52.4 Å². The first-order valence-corrected chi connectivity index (χ1v) is 7.93. The number of nitrogens with zero attached hydrogens (tertiary/aromatic N) is 1. The normalized spacial score (nSPS) is 10.6. The minimum absolute atomic E-state index is 0.821. The molecule has 0 aliphatic heterocycles. The zero-order chi connectivity index (χ0) is 17.2. The summed E-state index contributed by atoms with van der Waals surface area (Å²) in [4.78, 5) is 5.69. The maximum absolute atomic E-state index is 5.41. The van der Waals surface area contributed by atoms with Gasteiger partial charge >= 0.3 is 0 Å². The first kappa shape index (κ1) is 19.1. The smallest absolute Gasteiger partial charge is 0.142 e. The molecule has 0 atom stereocenters. The molecule has 124 valence electrons. The lowest BCUT2D eigenvalue weighted by molar-refractivity contribution is 0.416. The Hall–Kier alpha value is -1.98. The lowest BCUT2D eigenvalue weighted by Crippen LogP contribution is -2.05. The molecule has 5 heteroatoms. The van der Waals surface area contributed by atoms with Crippen molar-refractivity contribution in [1.29, 1.82) is 0 Å². The van der Waals surface area contributed by atoms with E-state index in [1.807, 2.05) is 43.4 Å². The number of rotatable bonds is 5. The minimum atomic E-state index is 0.821. The molecule has 0 fully saturated rings. The Kier molecular flexibility index (Phi) is 8.22. The van der Waals surface area contributed by atoms with E-state index in [9.17, 15) is 0 Å². The van der Waals surface area contributed by atoms with Crippen LogP contribution in [0.2, 0.25) is 0 Å². The van der Waals surface area contributed by atoms with Gasteiger partial charge in [-0.25, -0.2) is 0 Å². The van der Waals surface area contributed by atoms with Crippen molar-refractivity contribution in [3.05, 3.63) is 48.0 Å². The highest BCUT2D eigenvalue weighted by molar-refractivity contribution is 7.80. The molecule has 2 aromatic carbocycles. The minimum Gasteiger partial charge on any atom is -0.495 e. The van der Waals surface area contributed by atoms with Gasteiger partial charge in [0.1, 0.15) is 5.75 Å². The van der Waals surface area contributed by atoms with Gasteiger partial charge < -0.3 is 15.8 Å². The topological polar surface area (TPSA) is 59.6 Å². The highest BCUT2D eigenvalue weighted by Gasteiger charge is 2.11. The second-order valence-electron chi connectivity index (χ2n) is 4.56. The van der Waals surface area contributed by atoms with Crippen LogP contribution in [0.1, 0.15) is 18.9 Å². The fraction of sp³-hybridized carbons (Fsp3) is 0.278. The summed E-state index contributed by atoms with van der Waals surface area (Å²) in [6, 6.07) is 13.8. The Morgan fingerprint density at radius 1 is 1.17 bits per heavy atom. The summed E-state index contributed by atoms with van der Waals surface area (Å²) < 4.78 is 5.41. The van der Waals surface area contributed by atoms with E-state index in [0.29, 0.717) is 0 Å². The fourth-order valence-electron chi connectivity index (χ4n) is 2.21. The van der Waals surface area contributed by atoms with Crippen molar-refractivity contribution in [3.8, 4) is 5.75 Å². The predicted octanol–water partition coefficient (Wildman–Crippen LogP) is 4.13. The van der Waals surface area contributed by atoms with Crippen molar-refractivity contribution >= 4 is 29.7 Å². The zero-order valence-corrected chi connectivity index (χ0v) is 15.0. The number of aliphatic imine (C=N–C) groups is 1. The highest BCUT2D eigenvalue weighted by atomic mass is 32.1. The van der Waals surface area contributed by atoms with Gasteiger partial charge in [0, 0.05) is 17.5 Å². The third-order valence-electron chi connectivity index (χ3n) is 3.26. The molecule has 0 bridgehead atoms. The highest BCUT2D eigenvalue weighted by Crippen LogP contribution is 2.30. The summed E-state index contributed by atoms with van der Waals surface area (Å²) in [5, 5.41) is 3.21. The lowest BCUT2D eigenvalue weighted by atomic mass is 10.0. The largest absolute Gasteiger partial charge is 0.495 e. The Morgan fingerprint density at radius 3 is 2.35 bits per heavy atom. The number of methoxy groups -OCH3 is 1. The van der Waals surface area contributed by atoms with Crippen LogP contribution in [0.3, 0.4) is 0 Å². The lowest BCUT2D eigenvalue weighted by Gasteiger charge is -2.14. The van der Waals surface area contributed by atoms with Crippen molar-refractivity contribution in [1.82, 2.24) is 0 Å². The van der Waals surface area contributed by atoms with Gasteiger partial charge in [-0.1, -0.05) is 19.1 Å². The number of thiol groups is 1. The summed E-state index contributed by atoms with van der Waals surface area (Å²) in [5.41, 5.74) is 8.47. The molecule has 0 heterocycles. The zero-order valence-electron chi connectivity index (χ0n) is 14.1. The second-order valence-corrected chi connectivity index (χ2v) is 5.08. The van der Waals surface area contributed by atoms with Gasteiger partial charge in [-0.3, -0.25) is 4.99 Å². The van der Waals surface area contributed by atoms with Crippen molar-refractivity contribution in [2.75, 3.05) is 26.5 Å². The van der Waals surface area contributed by atoms with Gasteiger partial charge in [0.15, 0.2) is 0 Å². The quantitative estimate of drug-likeness (QED) is 0.570. The third kappa shape index (κ3) is 5.01. The van der Waals surface area contributed by atoms with E-state index in [4.69, 9.17) is 9.73 Å². The van der Waals surface area contributed by atoms with Crippen molar-refractivity contribution in [3.63, 3.8) is 0 Å². The number of hydrogen-bond donors (Lipinski definition) is 3. The van der Waals surface area contributed by atoms with Crippen LogP contribution in [0.25, 0.3) is 0 Å². The molecular weight excluding hydrogens is 306 g/mol. The van der Waals surface area contributed by atoms with E-state index in [1.165, 1.54) is 7.05 Å². The molecule has 3 N–H and O–H groups in total. The summed E-state index contributed by atoms with van der Waals surface area (Å²) in [5.74, 6) is 0.821. The van der Waals surface area contributed by atoms with Crippen molar-refractivity contribution in [2.24, 2.45) is 10.7 Å². The first-order chi connectivity index (χ1) is 11.2. The summed E-state index contributed by atoms with van der Waals surface area (Å²) >= 11 is 4.30. The van der Waals surface area contributed by atoms with E-state index in [0.717, 1.165) is 39.7 Å². The standard InChI is InChI=1S/C17H20N2OS.CH5N/c1-4-15(19-12-8-10-13(21)11-9-12)14-6-5-7-16(20-3)17(14)18-2;1-2/h5-11,18,21H,4H2,1-3H3;2H2,1H3. The number of anilines is 1. The van der Waals surface area contributed by atoms with Crippen LogP contribution in [-0.4, -0.2) is 26.9 Å². The molecule has 0 saturated carbocycles. The van der Waals surface area contributed by atoms with Crippen LogP contribution < -0.4 is 15.8 Å². The van der Waals surface area contributed by atoms with Crippen molar-refractivity contribution in [2.45, 2.75) is 18.2 Å². The molecule has 0 radical (unpaired) electrons. The molecule has 23 heavy (non-hydrogen) atoms. The molecule has 0 saturated heterocycles. The molecule has 0 aliphatic rings. The Morgan fingerprint density at radius 2 is 1.83 bits per heavy atom. The first-order valence-electron chi connectivity index (χ1n) is 7.49. The average molecular weight is 331 g/mol. The molecule has 0 aliphatic carbocycles. The molecule has 2 rings (SSSR count). The van der Waals surface area contributed by atoms with Crippen LogP contribution in [-0.2, 0) is 0 Å². The van der Waals surface area contributed by atoms with Gasteiger partial charge in [0.25, 0.3) is 0 Å². The van der Waals surface area contributed by atoms with Gasteiger partial charge in [0.05, 0.1) is 24.2 Å². The van der Waals surface area contributed by atoms with E-state index < -0.39 is 0 Å². The summed E-state index contributed by atoms with van der Waals surface area (Å²) in [6.45, 7) is 2.10. The van der Waals surface area contributed by atoms with E-state index in [2.05, 4.69) is 36.7 Å². The number of benzene rings is 2. The van der Waals surface area contributed by atoms with Gasteiger partial charge in [-0.2, -0.15) is 0 Å².